The lowest BCUT2D eigenvalue weighted by Crippen LogP contribution is -2.30. The van der Waals surface area contributed by atoms with Crippen molar-refractivity contribution in [2.24, 2.45) is 0 Å². The number of aryl methyl sites for hydroxylation is 2. The van der Waals surface area contributed by atoms with Gasteiger partial charge in [-0.3, -0.25) is 9.52 Å². The lowest BCUT2D eigenvalue weighted by molar-refractivity contribution is -0.118. The van der Waals surface area contributed by atoms with Crippen molar-refractivity contribution < 1.29 is 21.6 Å². The largest absolute Gasteiger partial charge is 0.341 e. The first-order chi connectivity index (χ1) is 17.0. The zero-order valence-electron chi connectivity index (χ0n) is 19.3. The topological polar surface area (TPSA) is 151 Å². The van der Waals surface area contributed by atoms with E-state index in [0.29, 0.717) is 27.6 Å². The van der Waals surface area contributed by atoms with Crippen LogP contribution in [0.5, 0.6) is 0 Å². The van der Waals surface area contributed by atoms with Gasteiger partial charge in [-0.2, -0.15) is 4.72 Å². The Morgan fingerprint density at radius 2 is 1.83 bits per heavy atom. The normalized spacial score (nSPS) is 18.4. The number of amides is 1. The van der Waals surface area contributed by atoms with Crippen LogP contribution >= 0.6 is 11.3 Å². The predicted molar refractivity (Wildman–Crippen MR) is 135 cm³/mol. The Balaban J connectivity index is 1.47. The highest BCUT2D eigenvalue weighted by Crippen LogP contribution is 2.31. The van der Waals surface area contributed by atoms with E-state index in [1.807, 2.05) is 29.0 Å². The maximum Gasteiger partial charge on any atom is 0.252 e. The first-order valence-electron chi connectivity index (χ1n) is 11.1. The van der Waals surface area contributed by atoms with Crippen LogP contribution in [0.25, 0.3) is 11.0 Å². The van der Waals surface area contributed by atoms with Crippen LogP contribution in [-0.4, -0.2) is 37.7 Å². The van der Waals surface area contributed by atoms with Crippen molar-refractivity contribution in [1.82, 2.24) is 24.4 Å². The number of hydrogen-bond donors (Lipinski definition) is 3. The monoisotopic (exact) mass is 545 g/mol. The molecule has 0 radical (unpaired) electrons. The Morgan fingerprint density at radius 3 is 2.44 bits per heavy atom. The summed E-state index contributed by atoms with van der Waals surface area (Å²) in [6, 6.07) is 13.5. The van der Waals surface area contributed by atoms with Gasteiger partial charge in [0.1, 0.15) is 11.1 Å². The summed E-state index contributed by atoms with van der Waals surface area (Å²) in [5, 5.41) is -0.292. The molecule has 2 atom stereocenters. The van der Waals surface area contributed by atoms with Gasteiger partial charge < -0.3 is 4.98 Å². The van der Waals surface area contributed by atoms with Crippen LogP contribution in [-0.2, 0) is 31.3 Å². The second kappa shape index (κ2) is 9.07. The summed E-state index contributed by atoms with van der Waals surface area (Å²) in [5.41, 5.74) is 3.17. The third kappa shape index (κ3) is 4.78. The van der Waals surface area contributed by atoms with Crippen LogP contribution in [0.15, 0.2) is 52.7 Å². The van der Waals surface area contributed by atoms with E-state index in [1.54, 1.807) is 38.1 Å². The van der Waals surface area contributed by atoms with Crippen molar-refractivity contribution in [2.45, 2.75) is 42.2 Å². The number of sulfonamides is 2. The number of hydrogen-bond acceptors (Lipinski definition) is 8. The van der Waals surface area contributed by atoms with Gasteiger partial charge in [-0.05, 0) is 43.5 Å². The molecule has 188 valence electrons. The molecule has 1 unspecified atom stereocenters. The number of nitrogens with one attached hydrogen (secondary N) is 3. The molecular formula is C23H23N5O5S3. The van der Waals surface area contributed by atoms with Crippen molar-refractivity contribution in [3.63, 3.8) is 0 Å². The SMILES string of the molecule is Cc1nc(C)c(S(=O)(=O)N[C@@H](Cc2ccc(C3CC(=O)NS3(=O)=O)cc2)c2nc3ccccc3[nH]2)s1. The summed E-state index contributed by atoms with van der Waals surface area (Å²) in [6.07, 6.45) is 0.126. The number of aromatic amines is 1. The van der Waals surface area contributed by atoms with Crippen molar-refractivity contribution in [1.29, 1.82) is 0 Å². The fourth-order valence-electron chi connectivity index (χ4n) is 4.29. The molecule has 2 aromatic heterocycles. The second-order valence-electron chi connectivity index (χ2n) is 8.63. The van der Waals surface area contributed by atoms with Gasteiger partial charge in [0.2, 0.25) is 15.9 Å². The number of aromatic nitrogens is 3. The molecule has 3 heterocycles. The molecule has 3 N–H and O–H groups in total. The van der Waals surface area contributed by atoms with E-state index >= 15 is 0 Å². The molecule has 1 amide bonds. The molecule has 0 saturated carbocycles. The molecule has 0 spiro atoms. The summed E-state index contributed by atoms with van der Waals surface area (Å²) in [5.74, 6) is -0.0760. The van der Waals surface area contributed by atoms with Gasteiger partial charge in [-0.1, -0.05) is 36.4 Å². The lowest BCUT2D eigenvalue weighted by atomic mass is 10.0. The van der Waals surface area contributed by atoms with Crippen molar-refractivity contribution in [3.05, 3.63) is 76.2 Å². The molecule has 1 saturated heterocycles. The maximum absolute atomic E-state index is 13.3. The van der Waals surface area contributed by atoms with Crippen LogP contribution in [0.4, 0.5) is 0 Å². The Morgan fingerprint density at radius 1 is 1.11 bits per heavy atom. The van der Waals surface area contributed by atoms with Gasteiger partial charge in [-0.15, -0.1) is 11.3 Å². The summed E-state index contributed by atoms with van der Waals surface area (Å²) < 4.78 is 55.9. The number of para-hydroxylation sites is 2. The number of nitrogens with zero attached hydrogens (tertiary/aromatic N) is 2. The number of imidazole rings is 1. The van der Waals surface area contributed by atoms with Crippen LogP contribution in [0, 0.1) is 13.8 Å². The molecule has 36 heavy (non-hydrogen) atoms. The molecule has 13 heteroatoms. The van der Waals surface area contributed by atoms with Crippen LogP contribution in [0.3, 0.4) is 0 Å². The number of thiazole rings is 1. The molecule has 2 aromatic carbocycles. The quantitative estimate of drug-likeness (QED) is 0.323. The smallest absolute Gasteiger partial charge is 0.252 e. The third-order valence-corrected chi connectivity index (χ3v) is 10.8. The predicted octanol–water partition coefficient (Wildman–Crippen LogP) is 2.79. The molecule has 5 rings (SSSR count). The van der Waals surface area contributed by atoms with E-state index < -0.39 is 37.2 Å². The van der Waals surface area contributed by atoms with E-state index in [-0.39, 0.29) is 17.1 Å². The lowest BCUT2D eigenvalue weighted by Gasteiger charge is -2.17. The number of fused-ring (bicyclic) bond motifs is 1. The maximum atomic E-state index is 13.3. The molecule has 0 bridgehead atoms. The molecule has 1 fully saturated rings. The molecular weight excluding hydrogens is 522 g/mol. The van der Waals surface area contributed by atoms with Crippen molar-refractivity contribution in [2.75, 3.05) is 0 Å². The molecule has 4 aromatic rings. The van der Waals surface area contributed by atoms with Crippen LogP contribution < -0.4 is 9.44 Å². The van der Waals surface area contributed by atoms with Gasteiger partial charge >= 0.3 is 0 Å². The highest BCUT2D eigenvalue weighted by Gasteiger charge is 2.37. The Bertz CT molecular complexity index is 1640. The van der Waals surface area contributed by atoms with Crippen LogP contribution in [0.1, 0.15) is 45.4 Å². The highest BCUT2D eigenvalue weighted by atomic mass is 32.2. The Hall–Kier alpha value is -3.13. The minimum atomic E-state index is -3.90. The number of H-pyrrole nitrogens is 1. The van der Waals surface area contributed by atoms with E-state index in [0.717, 1.165) is 22.4 Å². The third-order valence-electron chi connectivity index (χ3n) is 5.93. The minimum Gasteiger partial charge on any atom is -0.341 e. The summed E-state index contributed by atoms with van der Waals surface area (Å²) in [6.45, 7) is 3.41. The van der Waals surface area contributed by atoms with E-state index in [4.69, 9.17) is 0 Å². The summed E-state index contributed by atoms with van der Waals surface area (Å²) in [4.78, 5) is 23.6. The molecule has 0 aliphatic carbocycles. The average Bonchev–Trinajstić information content (AvgIpc) is 3.47. The number of carbonyl (C=O) groups excluding carboxylic acids is 1. The van der Waals surface area contributed by atoms with Gasteiger partial charge in [0.25, 0.3) is 10.0 Å². The van der Waals surface area contributed by atoms with E-state index in [9.17, 15) is 21.6 Å². The number of rotatable bonds is 7. The highest BCUT2D eigenvalue weighted by molar-refractivity contribution is 7.91. The fourth-order valence-corrected chi connectivity index (χ4v) is 8.41. The fraction of sp³-hybridized carbons (Fsp3) is 0.261. The van der Waals surface area contributed by atoms with Crippen molar-refractivity contribution >= 4 is 48.3 Å². The number of benzene rings is 2. The van der Waals surface area contributed by atoms with Gasteiger partial charge in [0.15, 0.2) is 4.21 Å². The van der Waals surface area contributed by atoms with Crippen molar-refractivity contribution in [3.8, 4) is 0 Å². The first kappa shape index (κ1) is 24.6. The summed E-state index contributed by atoms with van der Waals surface area (Å²) >= 11 is 1.10. The summed E-state index contributed by atoms with van der Waals surface area (Å²) in [7, 11) is -7.65. The minimum absolute atomic E-state index is 0.128. The van der Waals surface area contributed by atoms with Gasteiger partial charge in [-0.25, -0.2) is 26.8 Å². The Labute approximate surface area is 212 Å². The number of carbonyl (C=O) groups is 1. The zero-order valence-corrected chi connectivity index (χ0v) is 21.8. The van der Waals surface area contributed by atoms with Crippen LogP contribution in [0.2, 0.25) is 0 Å². The standard InChI is InChI=1S/C23H23N5O5S3/c1-13-23(34-14(2)24-13)36(32,33)27-19(22-25-17-5-3-4-6-18(17)26-22)11-15-7-9-16(10-8-15)20-12-21(29)28-35(20,30)31/h3-10,19-20,27H,11-12H2,1-2H3,(H,25,26)(H,28,29)/t19-,20?/m0/s1. The first-order valence-corrected chi connectivity index (χ1v) is 14.9. The zero-order chi connectivity index (χ0) is 25.7. The van der Waals surface area contributed by atoms with E-state index in [1.165, 1.54) is 0 Å². The van der Waals surface area contributed by atoms with Gasteiger partial charge in [0, 0.05) is 0 Å². The molecule has 1 aliphatic rings. The Kier molecular flexibility index (Phi) is 6.19. The second-order valence-corrected chi connectivity index (χ2v) is 13.6. The van der Waals surface area contributed by atoms with E-state index in [2.05, 4.69) is 19.7 Å². The average molecular weight is 546 g/mol. The molecule has 1 aliphatic heterocycles. The molecule has 10 nitrogen and oxygen atoms in total. The van der Waals surface area contributed by atoms with Gasteiger partial charge in [0.05, 0.1) is 34.2 Å².